The molecule has 77 heavy (non-hydrogen) atoms. The molecule has 0 heterocycles. The molecule has 0 spiro atoms. The molecule has 2 unspecified atom stereocenters. The summed E-state index contributed by atoms with van der Waals surface area (Å²) in [6.45, 7) is 4.95. The molecule has 0 aliphatic heterocycles. The van der Waals surface area contributed by atoms with Gasteiger partial charge in [-0.15, -0.1) is 0 Å². The smallest absolute Gasteiger partial charge is 0.305 e. The van der Waals surface area contributed by atoms with E-state index in [-0.39, 0.29) is 18.5 Å². The van der Waals surface area contributed by atoms with Crippen molar-refractivity contribution in [1.29, 1.82) is 0 Å². The SMILES string of the molecule is CCCCCC/C=C\C/C=C\CCCCCCCCCC(=O)OCCCCCCCCCCCCCCCCCCCCCCCCCCCCCCCCCC(=O)NC(CO)C(O)CCCCCCCCCCCCC. The van der Waals surface area contributed by atoms with Crippen LogP contribution in [0.3, 0.4) is 0 Å². The van der Waals surface area contributed by atoms with E-state index >= 15 is 0 Å². The summed E-state index contributed by atoms with van der Waals surface area (Å²) in [6, 6.07) is -0.536. The fraction of sp³-hybridized carbons (Fsp3) is 0.915. The van der Waals surface area contributed by atoms with Gasteiger partial charge in [-0.25, -0.2) is 0 Å². The number of allylic oxidation sites excluding steroid dienone is 4. The topological polar surface area (TPSA) is 95.9 Å². The van der Waals surface area contributed by atoms with E-state index in [2.05, 4.69) is 43.5 Å². The minimum Gasteiger partial charge on any atom is -0.466 e. The molecular weight excluding hydrogens is 947 g/mol. The third-order valence-corrected chi connectivity index (χ3v) is 16.5. The summed E-state index contributed by atoms with van der Waals surface area (Å²) in [5.41, 5.74) is 0. The molecule has 0 aromatic heterocycles. The molecule has 6 heteroatoms. The summed E-state index contributed by atoms with van der Waals surface area (Å²) in [4.78, 5) is 24.6. The number of amides is 1. The maximum atomic E-state index is 12.5. The molecule has 0 fully saturated rings. The molecule has 0 aromatic carbocycles. The van der Waals surface area contributed by atoms with E-state index < -0.39 is 12.1 Å². The molecule has 0 bridgehead atoms. The lowest BCUT2D eigenvalue weighted by Crippen LogP contribution is -2.45. The maximum absolute atomic E-state index is 12.5. The third kappa shape index (κ3) is 63.4. The third-order valence-electron chi connectivity index (χ3n) is 16.5. The van der Waals surface area contributed by atoms with Crippen LogP contribution in [0.25, 0.3) is 0 Å². The number of esters is 1. The number of carbonyl (C=O) groups is 2. The number of ether oxygens (including phenoxy) is 1. The fourth-order valence-corrected chi connectivity index (χ4v) is 11.1. The van der Waals surface area contributed by atoms with Gasteiger partial charge in [0, 0.05) is 12.8 Å². The average molecular weight is 1080 g/mol. The summed E-state index contributed by atoms with van der Waals surface area (Å²) in [5, 5.41) is 23.2. The Morgan fingerprint density at radius 3 is 1.00 bits per heavy atom. The van der Waals surface area contributed by atoms with Crippen molar-refractivity contribution < 1.29 is 24.5 Å². The van der Waals surface area contributed by atoms with Crippen LogP contribution in [0.4, 0.5) is 0 Å². The van der Waals surface area contributed by atoms with Crippen molar-refractivity contribution in [2.45, 2.75) is 405 Å². The molecular formula is C71H137NO5. The summed E-state index contributed by atoms with van der Waals surface area (Å²) < 4.78 is 5.50. The Morgan fingerprint density at radius 1 is 0.364 bits per heavy atom. The van der Waals surface area contributed by atoms with E-state index in [4.69, 9.17) is 4.74 Å². The van der Waals surface area contributed by atoms with Gasteiger partial charge in [-0.3, -0.25) is 9.59 Å². The van der Waals surface area contributed by atoms with Crippen LogP contribution < -0.4 is 5.32 Å². The molecule has 2 atom stereocenters. The standard InChI is InChI=1S/C71H137NO5/c1-3-5-7-9-11-13-15-16-17-18-35-38-41-45-49-53-57-61-65-71(76)77-66-62-58-54-50-46-42-39-36-33-31-29-27-25-23-21-19-20-22-24-26-28-30-32-34-37-40-44-48-52-56-60-64-70(75)72-68(67-73)69(74)63-59-55-51-47-43-14-12-10-8-6-4-2/h13,15,17-18,68-69,73-74H,3-12,14,16,19-67H2,1-2H3,(H,72,75)/b15-13-,18-17-. The Bertz CT molecular complexity index is 1200. The van der Waals surface area contributed by atoms with Gasteiger partial charge >= 0.3 is 5.97 Å². The number of hydrogen-bond donors (Lipinski definition) is 3. The highest BCUT2D eigenvalue weighted by molar-refractivity contribution is 5.76. The first kappa shape index (κ1) is 75.3. The van der Waals surface area contributed by atoms with Crippen molar-refractivity contribution in [2.75, 3.05) is 13.2 Å². The van der Waals surface area contributed by atoms with Crippen molar-refractivity contribution in [3.63, 3.8) is 0 Å². The highest BCUT2D eigenvalue weighted by Crippen LogP contribution is 2.19. The Hall–Kier alpha value is -1.66. The summed E-state index contributed by atoms with van der Waals surface area (Å²) in [5.74, 6) is -0.0160. The van der Waals surface area contributed by atoms with Crippen molar-refractivity contribution in [1.82, 2.24) is 5.32 Å². The van der Waals surface area contributed by atoms with Crippen LogP contribution in [0, 0.1) is 0 Å². The van der Waals surface area contributed by atoms with E-state index in [1.54, 1.807) is 0 Å². The van der Waals surface area contributed by atoms with Crippen LogP contribution in [-0.2, 0) is 14.3 Å². The van der Waals surface area contributed by atoms with Crippen LogP contribution in [0.5, 0.6) is 0 Å². The van der Waals surface area contributed by atoms with E-state index in [1.807, 2.05) is 0 Å². The minimum atomic E-state index is -0.659. The first-order valence-corrected chi connectivity index (χ1v) is 35.1. The Morgan fingerprint density at radius 2 is 0.649 bits per heavy atom. The lowest BCUT2D eigenvalue weighted by atomic mass is 10.0. The molecule has 0 rings (SSSR count). The Labute approximate surface area is 481 Å². The van der Waals surface area contributed by atoms with E-state index in [0.29, 0.717) is 25.9 Å². The lowest BCUT2D eigenvalue weighted by Gasteiger charge is -2.22. The molecule has 456 valence electrons. The second-order valence-electron chi connectivity index (χ2n) is 24.2. The van der Waals surface area contributed by atoms with Gasteiger partial charge in [-0.1, -0.05) is 346 Å². The summed E-state index contributed by atoms with van der Waals surface area (Å²) in [6.07, 6.45) is 83.8. The second kappa shape index (κ2) is 66.8. The first-order valence-electron chi connectivity index (χ1n) is 35.1. The molecule has 6 nitrogen and oxygen atoms in total. The lowest BCUT2D eigenvalue weighted by molar-refractivity contribution is -0.143. The van der Waals surface area contributed by atoms with Crippen molar-refractivity contribution in [3.8, 4) is 0 Å². The molecule has 0 aliphatic rings. The highest BCUT2D eigenvalue weighted by atomic mass is 16.5. The fourth-order valence-electron chi connectivity index (χ4n) is 11.1. The number of carbonyl (C=O) groups excluding carboxylic acids is 2. The van der Waals surface area contributed by atoms with Gasteiger partial charge in [-0.05, 0) is 57.8 Å². The van der Waals surface area contributed by atoms with Crippen LogP contribution in [0.2, 0.25) is 0 Å². The molecule has 1 amide bonds. The molecule has 0 radical (unpaired) electrons. The van der Waals surface area contributed by atoms with Crippen molar-refractivity contribution >= 4 is 11.9 Å². The number of aliphatic hydroxyl groups is 2. The van der Waals surface area contributed by atoms with Crippen LogP contribution in [-0.4, -0.2) is 47.4 Å². The van der Waals surface area contributed by atoms with Gasteiger partial charge in [0.2, 0.25) is 5.91 Å². The Balaban J connectivity index is 3.30. The quantitative estimate of drug-likeness (QED) is 0.0320. The first-order chi connectivity index (χ1) is 38.0. The van der Waals surface area contributed by atoms with Crippen molar-refractivity contribution in [3.05, 3.63) is 24.3 Å². The zero-order valence-electron chi connectivity index (χ0n) is 52.2. The van der Waals surface area contributed by atoms with E-state index in [0.717, 1.165) is 51.4 Å². The number of nitrogens with one attached hydrogen (secondary N) is 1. The predicted molar refractivity (Wildman–Crippen MR) is 338 cm³/mol. The molecule has 0 aliphatic carbocycles. The van der Waals surface area contributed by atoms with Crippen LogP contribution in [0.1, 0.15) is 393 Å². The molecule has 0 saturated heterocycles. The number of hydrogen-bond acceptors (Lipinski definition) is 5. The number of rotatable bonds is 66. The van der Waals surface area contributed by atoms with Gasteiger partial charge in [0.05, 0.1) is 25.4 Å². The van der Waals surface area contributed by atoms with Gasteiger partial charge in [0.1, 0.15) is 0 Å². The largest absolute Gasteiger partial charge is 0.466 e. The maximum Gasteiger partial charge on any atom is 0.305 e. The normalized spacial score (nSPS) is 12.6. The molecule has 0 saturated carbocycles. The second-order valence-corrected chi connectivity index (χ2v) is 24.2. The summed E-state index contributed by atoms with van der Waals surface area (Å²) in [7, 11) is 0. The van der Waals surface area contributed by atoms with Gasteiger partial charge in [0.15, 0.2) is 0 Å². The zero-order chi connectivity index (χ0) is 55.7. The monoisotopic (exact) mass is 1080 g/mol. The van der Waals surface area contributed by atoms with Crippen LogP contribution >= 0.6 is 0 Å². The average Bonchev–Trinajstić information content (AvgIpc) is 3.43. The summed E-state index contributed by atoms with van der Waals surface area (Å²) >= 11 is 0. The van der Waals surface area contributed by atoms with Gasteiger partial charge in [-0.2, -0.15) is 0 Å². The van der Waals surface area contributed by atoms with Crippen molar-refractivity contribution in [2.24, 2.45) is 0 Å². The Kier molecular flexibility index (Phi) is 65.4. The molecule has 0 aromatic rings. The van der Waals surface area contributed by atoms with E-state index in [9.17, 15) is 19.8 Å². The number of unbranched alkanes of at least 4 members (excludes halogenated alkanes) is 51. The molecule has 3 N–H and O–H groups in total. The van der Waals surface area contributed by atoms with Gasteiger partial charge in [0.25, 0.3) is 0 Å². The zero-order valence-corrected chi connectivity index (χ0v) is 52.2. The number of aliphatic hydroxyl groups excluding tert-OH is 2. The van der Waals surface area contributed by atoms with Gasteiger partial charge < -0.3 is 20.3 Å². The van der Waals surface area contributed by atoms with Crippen LogP contribution in [0.15, 0.2) is 24.3 Å². The van der Waals surface area contributed by atoms with E-state index in [1.165, 1.54) is 308 Å². The predicted octanol–water partition coefficient (Wildman–Crippen LogP) is 22.5. The highest BCUT2D eigenvalue weighted by Gasteiger charge is 2.20. The minimum absolute atomic E-state index is 0.0139.